The van der Waals surface area contributed by atoms with Crippen LogP contribution in [0, 0.1) is 11.2 Å². The number of hydrogen-bond acceptors (Lipinski definition) is 8. The van der Waals surface area contributed by atoms with E-state index in [0.717, 1.165) is 0 Å². The zero-order valence-corrected chi connectivity index (χ0v) is 28.6. The summed E-state index contributed by atoms with van der Waals surface area (Å²) in [6.45, 7) is 7.71. The van der Waals surface area contributed by atoms with E-state index in [9.17, 15) is 19.2 Å². The molecule has 3 N–H and O–H groups in total. The second-order valence-corrected chi connectivity index (χ2v) is 14.2. The number of aryl methyl sites for hydroxylation is 1. The van der Waals surface area contributed by atoms with Gasteiger partial charge in [-0.2, -0.15) is 5.10 Å². The number of carbonyl (C=O) groups is 4. The number of anilines is 1. The zero-order valence-electron chi connectivity index (χ0n) is 27.9. The molecule has 2 aliphatic rings. The first-order valence-corrected chi connectivity index (χ1v) is 15.7. The summed E-state index contributed by atoms with van der Waals surface area (Å²) in [6, 6.07) is 2.77. The number of fused-ring (bicyclic) bond motifs is 1. The summed E-state index contributed by atoms with van der Waals surface area (Å²) in [5, 5.41) is 7.85. The number of amides is 1. The predicted octanol–water partition coefficient (Wildman–Crippen LogP) is 1.13. The van der Waals surface area contributed by atoms with Crippen molar-refractivity contribution in [3.05, 3.63) is 40.5 Å². The molecule has 1 aromatic heterocycles. The van der Waals surface area contributed by atoms with Crippen molar-refractivity contribution in [2.75, 3.05) is 33.0 Å². The number of ketones is 1. The first kappa shape index (κ1) is 37.0. The maximum absolute atomic E-state index is 16.4. The second-order valence-electron chi connectivity index (χ2n) is 14.2. The highest BCUT2D eigenvalue weighted by molar-refractivity contribution is 6.00. The Labute approximate surface area is 276 Å². The van der Waals surface area contributed by atoms with E-state index >= 15 is 4.39 Å². The van der Waals surface area contributed by atoms with Crippen LogP contribution >= 0.6 is 0 Å². The van der Waals surface area contributed by atoms with Gasteiger partial charge in [-0.25, -0.2) is 9.07 Å². The number of rotatable bonds is 11. The van der Waals surface area contributed by atoms with Gasteiger partial charge < -0.3 is 37.4 Å². The Balaban J connectivity index is 0.00000576. The van der Waals surface area contributed by atoms with Gasteiger partial charge in [0, 0.05) is 19.4 Å². The third-order valence-corrected chi connectivity index (χ3v) is 8.37. The average Bonchev–Trinajstić information content (AvgIpc) is 3.26. The Morgan fingerprint density at radius 2 is 1.80 bits per heavy atom. The van der Waals surface area contributed by atoms with Crippen LogP contribution in [0.5, 0.6) is 0 Å². The summed E-state index contributed by atoms with van der Waals surface area (Å²) in [7, 11) is 5.85. The van der Waals surface area contributed by atoms with Crippen molar-refractivity contribution in [3.63, 3.8) is 0 Å². The summed E-state index contributed by atoms with van der Waals surface area (Å²) in [4.78, 5) is 49.7. The Kier molecular flexibility index (Phi) is 11.6. The van der Waals surface area contributed by atoms with E-state index in [1.807, 2.05) is 41.9 Å². The van der Waals surface area contributed by atoms with Gasteiger partial charge in [0.2, 0.25) is 0 Å². The van der Waals surface area contributed by atoms with Crippen molar-refractivity contribution >= 4 is 29.3 Å². The van der Waals surface area contributed by atoms with Gasteiger partial charge in [-0.1, -0.05) is 20.8 Å². The lowest BCUT2D eigenvalue weighted by atomic mass is 9.75. The maximum atomic E-state index is 16.4. The van der Waals surface area contributed by atoms with Crippen LogP contribution in [-0.2, 0) is 31.9 Å². The number of likely N-dealkylation sites (N-methyl/N-ethyl adjacent to an activating group) is 1. The molecule has 0 spiro atoms. The molecule has 1 atom stereocenters. The lowest BCUT2D eigenvalue weighted by Crippen LogP contribution is -3.00. The molecule has 4 rings (SSSR count). The normalized spacial score (nSPS) is 19.8. The molecule has 0 aliphatic heterocycles. The number of nitrogens with zero attached hydrogens (tertiary/aromatic N) is 3. The molecule has 1 fully saturated rings. The Morgan fingerprint density at radius 1 is 1.15 bits per heavy atom. The quantitative estimate of drug-likeness (QED) is 0.269. The highest BCUT2D eigenvalue weighted by Gasteiger charge is 2.37. The molecule has 1 unspecified atom stereocenters. The average molecular weight is 664 g/mol. The van der Waals surface area contributed by atoms with E-state index in [1.165, 1.54) is 23.7 Å². The number of Topliss-reactive ketones (excluding diaryl/α,β-unsaturated/α-hetero) is 1. The molecule has 46 heavy (non-hydrogen) atoms. The Morgan fingerprint density at radius 3 is 2.37 bits per heavy atom. The number of nitrogens with two attached hydrogens (primary N) is 1. The van der Waals surface area contributed by atoms with Gasteiger partial charge in [0.1, 0.15) is 18.3 Å². The SMILES string of the molecule is CCc1nn(-c2ccc(C(N)=O)c(NC3CCC(OC(=O)CC(C[N+](C)(C)C)OC(C)=O)CC3)c2F)c2c1C(=O)CC(C)(C)C2.[Cl-]. The van der Waals surface area contributed by atoms with E-state index in [1.54, 1.807) is 0 Å². The maximum Gasteiger partial charge on any atom is 0.310 e. The Bertz CT molecular complexity index is 1480. The molecule has 2 aromatic rings. The monoisotopic (exact) mass is 663 g/mol. The first-order chi connectivity index (χ1) is 21.0. The molecule has 254 valence electrons. The topological polar surface area (TPSA) is 143 Å². The Hall–Kier alpha value is -3.51. The van der Waals surface area contributed by atoms with Crippen LogP contribution < -0.4 is 23.5 Å². The number of halogens is 2. The molecule has 0 bridgehead atoms. The number of esters is 2. The molecule has 1 heterocycles. The largest absolute Gasteiger partial charge is 1.00 e. The molecule has 13 heteroatoms. The molecule has 1 amide bonds. The first-order valence-electron chi connectivity index (χ1n) is 15.7. The smallest absolute Gasteiger partial charge is 0.310 e. The molecule has 0 radical (unpaired) electrons. The number of primary amides is 1. The van der Waals surface area contributed by atoms with Gasteiger partial charge in [-0.15, -0.1) is 0 Å². The molecule has 2 aliphatic carbocycles. The summed E-state index contributed by atoms with van der Waals surface area (Å²) >= 11 is 0. The van der Waals surface area contributed by atoms with Gasteiger partial charge in [0.05, 0.1) is 55.8 Å². The molecule has 1 saturated carbocycles. The van der Waals surface area contributed by atoms with Crippen LogP contribution in [0.2, 0.25) is 0 Å². The number of ether oxygens (including phenoxy) is 2. The number of aromatic nitrogens is 2. The minimum absolute atomic E-state index is 0. The van der Waals surface area contributed by atoms with Gasteiger partial charge in [0.15, 0.2) is 17.7 Å². The summed E-state index contributed by atoms with van der Waals surface area (Å²) in [5.74, 6) is -2.32. The van der Waals surface area contributed by atoms with E-state index in [-0.39, 0.29) is 59.1 Å². The van der Waals surface area contributed by atoms with Gasteiger partial charge >= 0.3 is 11.9 Å². The third-order valence-electron chi connectivity index (χ3n) is 8.37. The van der Waals surface area contributed by atoms with Crippen molar-refractivity contribution < 1.29 is 49.9 Å². The van der Waals surface area contributed by atoms with Gasteiger partial charge in [0.25, 0.3) is 5.91 Å². The van der Waals surface area contributed by atoms with Gasteiger partial charge in [-0.05, 0) is 56.1 Å². The van der Waals surface area contributed by atoms with Crippen LogP contribution in [0.4, 0.5) is 10.1 Å². The summed E-state index contributed by atoms with van der Waals surface area (Å²) in [5.41, 5.74) is 7.37. The zero-order chi connectivity index (χ0) is 33.3. The predicted molar refractivity (Wildman–Crippen MR) is 167 cm³/mol. The van der Waals surface area contributed by atoms with Crippen LogP contribution in [0.1, 0.15) is 98.3 Å². The highest BCUT2D eigenvalue weighted by atomic mass is 35.5. The molecule has 11 nitrogen and oxygen atoms in total. The number of carbonyl (C=O) groups excluding carboxylic acids is 4. The van der Waals surface area contributed by atoms with E-state index in [4.69, 9.17) is 15.2 Å². The fourth-order valence-corrected chi connectivity index (χ4v) is 6.49. The number of hydrogen-bond donors (Lipinski definition) is 2. The van der Waals surface area contributed by atoms with Crippen molar-refractivity contribution in [2.45, 2.75) is 97.3 Å². The van der Waals surface area contributed by atoms with Crippen molar-refractivity contribution in [3.8, 4) is 5.69 Å². The van der Waals surface area contributed by atoms with Crippen molar-refractivity contribution in [1.29, 1.82) is 0 Å². The van der Waals surface area contributed by atoms with Crippen molar-refractivity contribution in [2.24, 2.45) is 11.1 Å². The minimum atomic E-state index is -0.769. The van der Waals surface area contributed by atoms with E-state index in [0.29, 0.717) is 72.9 Å². The van der Waals surface area contributed by atoms with Crippen LogP contribution in [0.15, 0.2) is 12.1 Å². The summed E-state index contributed by atoms with van der Waals surface area (Å²) < 4.78 is 29.5. The third kappa shape index (κ3) is 8.85. The fourth-order valence-electron chi connectivity index (χ4n) is 6.49. The lowest BCUT2D eigenvalue weighted by molar-refractivity contribution is -0.873. The number of benzene rings is 1. The number of nitrogens with one attached hydrogen (secondary N) is 1. The van der Waals surface area contributed by atoms with Gasteiger partial charge in [-0.3, -0.25) is 19.2 Å². The standard InChI is InChI=1S/C33H46FN5O6.ClH/c1-8-24-29-26(16-33(3,4)17-27(29)41)38(37-24)25-14-13-23(32(35)43)31(30(25)34)36-20-9-11-21(12-10-20)45-28(42)15-22(44-19(2)40)18-39(5,6)7;/h13-14,20-22H,8-12,15-18H2,1-7H3,(H2-,35,36,43);1H. The molecule has 1 aromatic carbocycles. The van der Waals surface area contributed by atoms with Crippen LogP contribution in [0.3, 0.4) is 0 Å². The van der Waals surface area contributed by atoms with Crippen LogP contribution in [-0.4, -0.2) is 83.8 Å². The molecular weight excluding hydrogens is 617 g/mol. The van der Waals surface area contributed by atoms with E-state index < -0.39 is 29.8 Å². The minimum Gasteiger partial charge on any atom is -1.00 e. The summed E-state index contributed by atoms with van der Waals surface area (Å²) in [6.07, 6.45) is 2.73. The molecule has 0 saturated heterocycles. The number of quaternary nitrogens is 1. The lowest BCUT2D eigenvalue weighted by Gasteiger charge is -2.31. The second kappa shape index (κ2) is 14.5. The van der Waals surface area contributed by atoms with Crippen molar-refractivity contribution in [1.82, 2.24) is 9.78 Å². The fraction of sp³-hybridized carbons (Fsp3) is 0.606. The highest BCUT2D eigenvalue weighted by Crippen LogP contribution is 2.39. The van der Waals surface area contributed by atoms with Crippen LogP contribution in [0.25, 0.3) is 5.69 Å². The van der Waals surface area contributed by atoms with E-state index in [2.05, 4.69) is 10.4 Å². The molecular formula is C33H47ClFN5O6.